The first-order chi connectivity index (χ1) is 9.74. The molecule has 1 amide bonds. The molecule has 1 heterocycles. The topological polar surface area (TPSA) is 41.6 Å². The van der Waals surface area contributed by atoms with Crippen molar-refractivity contribution in [3.63, 3.8) is 0 Å². The van der Waals surface area contributed by atoms with Crippen molar-refractivity contribution in [2.45, 2.75) is 31.7 Å². The molecule has 0 radical (unpaired) electrons. The summed E-state index contributed by atoms with van der Waals surface area (Å²) in [5.74, 6) is 1.12. The van der Waals surface area contributed by atoms with Crippen LogP contribution in [0, 0.1) is 0 Å². The van der Waals surface area contributed by atoms with Gasteiger partial charge >= 0.3 is 0 Å². The average Bonchev–Trinajstić information content (AvgIpc) is 2.53. The van der Waals surface area contributed by atoms with Gasteiger partial charge in [-0.15, -0.1) is 12.4 Å². The lowest BCUT2D eigenvalue weighted by molar-refractivity contribution is -0.132. The quantitative estimate of drug-likeness (QED) is 0.907. The summed E-state index contributed by atoms with van der Waals surface area (Å²) in [6.07, 6.45) is 3.41. The van der Waals surface area contributed by atoms with Gasteiger partial charge in [0.15, 0.2) is 0 Å². The summed E-state index contributed by atoms with van der Waals surface area (Å²) in [5, 5.41) is 3.28. The van der Waals surface area contributed by atoms with Crippen molar-refractivity contribution in [2.24, 2.45) is 0 Å². The first-order valence-electron chi connectivity index (χ1n) is 7.31. The fourth-order valence-corrected chi connectivity index (χ4v) is 2.73. The van der Waals surface area contributed by atoms with Gasteiger partial charge in [0.1, 0.15) is 5.75 Å². The van der Waals surface area contributed by atoms with Crippen LogP contribution < -0.4 is 10.1 Å². The first-order valence-corrected chi connectivity index (χ1v) is 7.31. The minimum absolute atomic E-state index is 0. The Morgan fingerprint density at radius 2 is 2.00 bits per heavy atom. The van der Waals surface area contributed by atoms with Crippen molar-refractivity contribution in [1.82, 2.24) is 10.2 Å². The fourth-order valence-electron chi connectivity index (χ4n) is 2.73. The number of halogens is 1. The molecule has 0 saturated carbocycles. The summed E-state index contributed by atoms with van der Waals surface area (Å²) < 4.78 is 5.32. The lowest BCUT2D eigenvalue weighted by atomic mass is 10.0. The van der Waals surface area contributed by atoms with Gasteiger partial charge in [-0.2, -0.15) is 0 Å². The van der Waals surface area contributed by atoms with Gasteiger partial charge in [-0.05, 0) is 37.9 Å². The Morgan fingerprint density at radius 1 is 1.33 bits per heavy atom. The SMILES string of the molecule is CNC1CCN(C(=O)CCc2ccccc2OC)CC1.Cl. The maximum atomic E-state index is 12.2. The molecule has 1 aliphatic heterocycles. The number of amides is 1. The van der Waals surface area contributed by atoms with E-state index in [1.54, 1.807) is 7.11 Å². The van der Waals surface area contributed by atoms with Crippen LogP contribution in [-0.4, -0.2) is 44.1 Å². The third-order valence-corrected chi connectivity index (χ3v) is 4.06. The van der Waals surface area contributed by atoms with Crippen molar-refractivity contribution in [1.29, 1.82) is 0 Å². The number of nitrogens with one attached hydrogen (secondary N) is 1. The number of para-hydroxylation sites is 1. The number of nitrogens with zero attached hydrogens (tertiary/aromatic N) is 1. The van der Waals surface area contributed by atoms with E-state index in [4.69, 9.17) is 4.74 Å². The summed E-state index contributed by atoms with van der Waals surface area (Å²) in [7, 11) is 3.66. The number of piperidine rings is 1. The summed E-state index contributed by atoms with van der Waals surface area (Å²) in [6, 6.07) is 8.47. The molecule has 0 atom stereocenters. The standard InChI is InChI=1S/C16H24N2O2.ClH/c1-17-14-9-11-18(12-10-14)16(19)8-7-13-5-3-4-6-15(13)20-2;/h3-6,14,17H,7-12H2,1-2H3;1H. The zero-order chi connectivity index (χ0) is 14.4. The van der Waals surface area contributed by atoms with E-state index in [-0.39, 0.29) is 18.3 Å². The summed E-state index contributed by atoms with van der Waals surface area (Å²) in [5.41, 5.74) is 1.11. The summed E-state index contributed by atoms with van der Waals surface area (Å²) in [4.78, 5) is 14.2. The zero-order valence-corrected chi connectivity index (χ0v) is 13.6. The van der Waals surface area contributed by atoms with E-state index >= 15 is 0 Å². The van der Waals surface area contributed by atoms with E-state index in [2.05, 4.69) is 5.32 Å². The van der Waals surface area contributed by atoms with Gasteiger partial charge in [0.25, 0.3) is 0 Å². The number of aryl methyl sites for hydroxylation is 1. The van der Waals surface area contributed by atoms with Crippen LogP contribution in [0.4, 0.5) is 0 Å². The molecular weight excluding hydrogens is 288 g/mol. The lowest BCUT2D eigenvalue weighted by Gasteiger charge is -2.32. The van der Waals surface area contributed by atoms with E-state index in [0.717, 1.165) is 43.7 Å². The average molecular weight is 313 g/mol. The van der Waals surface area contributed by atoms with Gasteiger partial charge in [-0.3, -0.25) is 4.79 Å². The molecule has 0 aliphatic carbocycles. The molecular formula is C16H25ClN2O2. The van der Waals surface area contributed by atoms with Crippen molar-refractivity contribution >= 4 is 18.3 Å². The molecule has 1 saturated heterocycles. The molecule has 1 fully saturated rings. The molecule has 21 heavy (non-hydrogen) atoms. The van der Waals surface area contributed by atoms with E-state index in [0.29, 0.717) is 12.5 Å². The van der Waals surface area contributed by atoms with Gasteiger partial charge in [0.05, 0.1) is 7.11 Å². The smallest absolute Gasteiger partial charge is 0.222 e. The Bertz CT molecular complexity index is 446. The number of methoxy groups -OCH3 is 1. The molecule has 4 nitrogen and oxygen atoms in total. The molecule has 1 aromatic rings. The number of hydrogen-bond acceptors (Lipinski definition) is 3. The highest BCUT2D eigenvalue weighted by Crippen LogP contribution is 2.20. The normalized spacial score (nSPS) is 15.4. The van der Waals surface area contributed by atoms with Crippen LogP contribution in [0.3, 0.4) is 0 Å². The van der Waals surface area contributed by atoms with Gasteiger partial charge in [0.2, 0.25) is 5.91 Å². The van der Waals surface area contributed by atoms with E-state index < -0.39 is 0 Å². The van der Waals surface area contributed by atoms with Crippen LogP contribution in [0.1, 0.15) is 24.8 Å². The van der Waals surface area contributed by atoms with Crippen molar-refractivity contribution < 1.29 is 9.53 Å². The van der Waals surface area contributed by atoms with Crippen molar-refractivity contribution in [3.8, 4) is 5.75 Å². The Labute approximate surface area is 133 Å². The molecule has 5 heteroatoms. The molecule has 1 aromatic carbocycles. The molecule has 1 N–H and O–H groups in total. The third-order valence-electron chi connectivity index (χ3n) is 4.06. The van der Waals surface area contributed by atoms with E-state index in [1.807, 2.05) is 36.2 Å². The maximum Gasteiger partial charge on any atom is 0.222 e. The van der Waals surface area contributed by atoms with Gasteiger partial charge in [0, 0.05) is 25.6 Å². The number of rotatable bonds is 5. The second-order valence-corrected chi connectivity index (χ2v) is 5.26. The number of carbonyl (C=O) groups is 1. The molecule has 0 aromatic heterocycles. The number of carbonyl (C=O) groups excluding carboxylic acids is 1. The monoisotopic (exact) mass is 312 g/mol. The van der Waals surface area contributed by atoms with Crippen LogP contribution in [0.5, 0.6) is 5.75 Å². The van der Waals surface area contributed by atoms with E-state index in [9.17, 15) is 4.79 Å². The van der Waals surface area contributed by atoms with Crippen molar-refractivity contribution in [3.05, 3.63) is 29.8 Å². The molecule has 0 unspecified atom stereocenters. The fraction of sp³-hybridized carbons (Fsp3) is 0.562. The highest BCUT2D eigenvalue weighted by atomic mass is 35.5. The molecule has 118 valence electrons. The summed E-state index contributed by atoms with van der Waals surface area (Å²) in [6.45, 7) is 1.74. The Kier molecular flexibility index (Phi) is 7.54. The highest BCUT2D eigenvalue weighted by molar-refractivity contribution is 5.85. The number of ether oxygens (including phenoxy) is 1. The van der Waals surface area contributed by atoms with Gasteiger partial charge in [-0.1, -0.05) is 18.2 Å². The Hall–Kier alpha value is -1.26. The number of hydrogen-bond donors (Lipinski definition) is 1. The first kappa shape index (κ1) is 17.8. The van der Waals surface area contributed by atoms with Crippen LogP contribution >= 0.6 is 12.4 Å². The maximum absolute atomic E-state index is 12.2. The predicted octanol–water partition coefficient (Wildman–Crippen LogP) is 2.26. The Morgan fingerprint density at radius 3 is 2.62 bits per heavy atom. The van der Waals surface area contributed by atoms with Crippen LogP contribution in [-0.2, 0) is 11.2 Å². The van der Waals surface area contributed by atoms with Crippen molar-refractivity contribution in [2.75, 3.05) is 27.2 Å². The molecule has 2 rings (SSSR count). The molecule has 0 spiro atoms. The lowest BCUT2D eigenvalue weighted by Crippen LogP contribution is -2.44. The van der Waals surface area contributed by atoms with Crippen LogP contribution in [0.15, 0.2) is 24.3 Å². The minimum Gasteiger partial charge on any atom is -0.496 e. The largest absolute Gasteiger partial charge is 0.496 e. The van der Waals surface area contributed by atoms with E-state index in [1.165, 1.54) is 0 Å². The number of benzene rings is 1. The predicted molar refractivity (Wildman–Crippen MR) is 87.2 cm³/mol. The number of likely N-dealkylation sites (tertiary alicyclic amines) is 1. The third kappa shape index (κ3) is 4.90. The Balaban J connectivity index is 0.00000220. The second kappa shape index (κ2) is 8.90. The molecule has 0 bridgehead atoms. The van der Waals surface area contributed by atoms with Gasteiger partial charge in [-0.25, -0.2) is 0 Å². The molecule has 1 aliphatic rings. The van der Waals surface area contributed by atoms with Crippen LogP contribution in [0.25, 0.3) is 0 Å². The minimum atomic E-state index is 0. The zero-order valence-electron chi connectivity index (χ0n) is 12.8. The summed E-state index contributed by atoms with van der Waals surface area (Å²) >= 11 is 0. The van der Waals surface area contributed by atoms with Gasteiger partial charge < -0.3 is 15.0 Å². The second-order valence-electron chi connectivity index (χ2n) is 5.26. The highest BCUT2D eigenvalue weighted by Gasteiger charge is 2.21. The van der Waals surface area contributed by atoms with Crippen LogP contribution in [0.2, 0.25) is 0 Å².